The Morgan fingerprint density at radius 2 is 1.62 bits per heavy atom. The smallest absolute Gasteiger partial charge is 0.269 e. The van der Waals surface area contributed by atoms with Crippen LogP contribution >= 0.6 is 0 Å². The molecule has 0 bridgehead atoms. The summed E-state index contributed by atoms with van der Waals surface area (Å²) in [4.78, 5) is 38.2. The molecule has 1 fully saturated rings. The van der Waals surface area contributed by atoms with E-state index in [1.807, 2.05) is 0 Å². The molecule has 8 heteroatoms. The van der Waals surface area contributed by atoms with Crippen LogP contribution in [0.3, 0.4) is 0 Å². The highest BCUT2D eigenvalue weighted by Crippen LogP contribution is 2.20. The lowest BCUT2D eigenvalue weighted by Crippen LogP contribution is -2.47. The molecule has 0 radical (unpaired) electrons. The zero-order chi connectivity index (χ0) is 20.8. The van der Waals surface area contributed by atoms with Gasteiger partial charge in [-0.1, -0.05) is 0 Å². The Morgan fingerprint density at radius 1 is 1.00 bits per heavy atom. The number of nitro benzene ring substituents is 1. The molecule has 1 N–H and O–H groups in total. The van der Waals surface area contributed by atoms with Crippen molar-refractivity contribution < 1.29 is 14.5 Å². The van der Waals surface area contributed by atoms with E-state index < -0.39 is 4.92 Å². The van der Waals surface area contributed by atoms with Crippen molar-refractivity contribution in [2.75, 3.05) is 42.9 Å². The molecule has 2 aromatic carbocycles. The number of non-ortho nitro benzene ring substituents is 1. The Bertz CT molecular complexity index is 873. The molecule has 2 aromatic rings. The van der Waals surface area contributed by atoms with E-state index in [2.05, 4.69) is 15.1 Å². The first kappa shape index (κ1) is 20.5. The second-order valence-electron chi connectivity index (χ2n) is 7.03. The molecule has 152 valence electrons. The van der Waals surface area contributed by atoms with Gasteiger partial charge < -0.3 is 10.2 Å². The van der Waals surface area contributed by atoms with Crippen LogP contribution in [-0.4, -0.2) is 54.2 Å². The first-order valence-corrected chi connectivity index (χ1v) is 9.55. The van der Waals surface area contributed by atoms with Crippen LogP contribution in [0.1, 0.15) is 23.7 Å². The lowest BCUT2D eigenvalue weighted by molar-refractivity contribution is -0.384. The number of amides is 1. The summed E-state index contributed by atoms with van der Waals surface area (Å²) >= 11 is 0. The third-order valence-electron chi connectivity index (χ3n) is 5.03. The minimum Gasteiger partial charge on any atom is -0.369 e. The number of hydrogen-bond donors (Lipinski definition) is 1. The van der Waals surface area contributed by atoms with E-state index in [0.717, 1.165) is 31.9 Å². The summed E-state index contributed by atoms with van der Waals surface area (Å²) in [5.41, 5.74) is 2.37. The number of piperazine rings is 1. The lowest BCUT2D eigenvalue weighted by Gasteiger charge is -2.36. The van der Waals surface area contributed by atoms with Crippen molar-refractivity contribution >= 4 is 28.8 Å². The summed E-state index contributed by atoms with van der Waals surface area (Å²) in [6, 6.07) is 13.5. The number of ketones is 1. The first-order valence-electron chi connectivity index (χ1n) is 9.55. The summed E-state index contributed by atoms with van der Waals surface area (Å²) in [6.07, 6.45) is 0.395. The third-order valence-corrected chi connectivity index (χ3v) is 5.03. The molecule has 0 atom stereocenters. The quantitative estimate of drug-likeness (QED) is 0.439. The fourth-order valence-corrected chi connectivity index (χ4v) is 3.29. The van der Waals surface area contributed by atoms with E-state index in [1.54, 1.807) is 36.4 Å². The van der Waals surface area contributed by atoms with Crippen LogP contribution in [0.5, 0.6) is 0 Å². The summed E-state index contributed by atoms with van der Waals surface area (Å²) in [5.74, 6) is -0.0610. The molecule has 29 heavy (non-hydrogen) atoms. The number of benzene rings is 2. The van der Waals surface area contributed by atoms with Crippen LogP contribution in [0.15, 0.2) is 48.5 Å². The number of anilines is 2. The van der Waals surface area contributed by atoms with E-state index in [1.165, 1.54) is 19.1 Å². The molecule has 0 saturated carbocycles. The molecule has 1 saturated heterocycles. The topological polar surface area (TPSA) is 95.8 Å². The highest BCUT2D eigenvalue weighted by atomic mass is 16.6. The number of Topliss-reactive ketones (excluding diaryl/α,β-unsaturated/α-hetero) is 1. The highest BCUT2D eigenvalue weighted by molar-refractivity contribution is 5.95. The van der Waals surface area contributed by atoms with Gasteiger partial charge in [0.05, 0.1) is 4.92 Å². The number of nitrogens with one attached hydrogen (secondary N) is 1. The fraction of sp³-hybridized carbons (Fsp3) is 0.333. The van der Waals surface area contributed by atoms with Gasteiger partial charge in [-0.05, 0) is 43.3 Å². The van der Waals surface area contributed by atoms with Crippen LogP contribution in [0.2, 0.25) is 0 Å². The van der Waals surface area contributed by atoms with Gasteiger partial charge in [-0.3, -0.25) is 24.6 Å². The van der Waals surface area contributed by atoms with Crippen molar-refractivity contribution in [3.05, 3.63) is 64.2 Å². The van der Waals surface area contributed by atoms with Gasteiger partial charge >= 0.3 is 0 Å². The maximum atomic E-state index is 12.2. The number of carbonyl (C=O) groups excluding carboxylic acids is 2. The molecule has 1 aliphatic rings. The van der Waals surface area contributed by atoms with Crippen molar-refractivity contribution in [2.45, 2.75) is 13.3 Å². The van der Waals surface area contributed by atoms with Gasteiger partial charge in [0.15, 0.2) is 5.78 Å². The van der Waals surface area contributed by atoms with E-state index >= 15 is 0 Å². The predicted octanol–water partition coefficient (Wildman–Crippen LogP) is 2.95. The zero-order valence-electron chi connectivity index (χ0n) is 16.3. The van der Waals surface area contributed by atoms with E-state index in [4.69, 9.17) is 0 Å². The maximum Gasteiger partial charge on any atom is 0.269 e. The lowest BCUT2D eigenvalue weighted by atomic mass is 10.1. The first-order chi connectivity index (χ1) is 13.9. The molecule has 0 spiro atoms. The number of nitrogens with zero attached hydrogens (tertiary/aromatic N) is 3. The van der Waals surface area contributed by atoms with Crippen LogP contribution in [-0.2, 0) is 4.79 Å². The molecule has 0 unspecified atom stereocenters. The molecule has 1 amide bonds. The Hall–Kier alpha value is -3.26. The monoisotopic (exact) mass is 396 g/mol. The Morgan fingerprint density at radius 3 is 2.17 bits per heavy atom. The number of rotatable bonds is 7. The summed E-state index contributed by atoms with van der Waals surface area (Å²) in [7, 11) is 0. The average molecular weight is 396 g/mol. The number of nitro groups is 1. The van der Waals surface area contributed by atoms with Crippen molar-refractivity contribution in [1.82, 2.24) is 4.90 Å². The minimum atomic E-state index is -0.398. The van der Waals surface area contributed by atoms with Crippen LogP contribution in [0.25, 0.3) is 0 Å². The third kappa shape index (κ3) is 5.61. The fourth-order valence-electron chi connectivity index (χ4n) is 3.29. The summed E-state index contributed by atoms with van der Waals surface area (Å²) in [6.45, 7) is 5.47. The molecular formula is C21H24N4O4. The summed E-state index contributed by atoms with van der Waals surface area (Å²) in [5, 5.41) is 13.6. The van der Waals surface area contributed by atoms with E-state index in [0.29, 0.717) is 24.2 Å². The Balaban J connectivity index is 1.41. The summed E-state index contributed by atoms with van der Waals surface area (Å²) < 4.78 is 0. The largest absolute Gasteiger partial charge is 0.369 e. The predicted molar refractivity (Wildman–Crippen MR) is 111 cm³/mol. The zero-order valence-corrected chi connectivity index (χ0v) is 16.3. The minimum absolute atomic E-state index is 0.00394. The number of hydrogen-bond acceptors (Lipinski definition) is 6. The Kier molecular flexibility index (Phi) is 6.56. The SMILES string of the molecule is CC(=O)c1ccc(NC(=O)CCN2CCN(c3ccc([N+](=O)[O-])cc3)CC2)cc1. The molecule has 3 rings (SSSR count). The van der Waals surface area contributed by atoms with E-state index in [9.17, 15) is 19.7 Å². The van der Waals surface area contributed by atoms with Gasteiger partial charge in [0, 0.05) is 68.2 Å². The second-order valence-corrected chi connectivity index (χ2v) is 7.03. The number of carbonyl (C=O) groups is 2. The van der Waals surface area contributed by atoms with Gasteiger partial charge in [0.25, 0.3) is 5.69 Å². The Labute approximate surface area is 169 Å². The molecular weight excluding hydrogens is 372 g/mol. The molecule has 8 nitrogen and oxygen atoms in total. The standard InChI is InChI=1S/C21H24N4O4/c1-16(26)17-2-4-18(5-3-17)22-21(27)10-11-23-12-14-24(15-13-23)19-6-8-20(9-7-19)25(28)29/h2-9H,10-15H2,1H3,(H,22,27). The van der Waals surface area contributed by atoms with Crippen LogP contribution in [0, 0.1) is 10.1 Å². The molecule has 1 heterocycles. The average Bonchev–Trinajstić information content (AvgIpc) is 2.73. The highest BCUT2D eigenvalue weighted by Gasteiger charge is 2.18. The van der Waals surface area contributed by atoms with Gasteiger partial charge in [-0.15, -0.1) is 0 Å². The van der Waals surface area contributed by atoms with Gasteiger partial charge in [0.1, 0.15) is 0 Å². The van der Waals surface area contributed by atoms with Crippen molar-refractivity contribution in [3.8, 4) is 0 Å². The molecule has 1 aliphatic heterocycles. The normalized spacial score (nSPS) is 14.4. The van der Waals surface area contributed by atoms with Gasteiger partial charge in [0.2, 0.25) is 5.91 Å². The van der Waals surface area contributed by atoms with Gasteiger partial charge in [-0.2, -0.15) is 0 Å². The molecule has 0 aliphatic carbocycles. The van der Waals surface area contributed by atoms with Gasteiger partial charge in [-0.25, -0.2) is 0 Å². The molecule has 0 aromatic heterocycles. The van der Waals surface area contributed by atoms with Crippen LogP contribution < -0.4 is 10.2 Å². The maximum absolute atomic E-state index is 12.2. The second kappa shape index (κ2) is 9.29. The van der Waals surface area contributed by atoms with Crippen LogP contribution in [0.4, 0.5) is 17.1 Å². The van der Waals surface area contributed by atoms with Crippen molar-refractivity contribution in [2.24, 2.45) is 0 Å². The van der Waals surface area contributed by atoms with Crippen molar-refractivity contribution in [1.29, 1.82) is 0 Å². The van der Waals surface area contributed by atoms with Crippen molar-refractivity contribution in [3.63, 3.8) is 0 Å². The van der Waals surface area contributed by atoms with E-state index in [-0.39, 0.29) is 17.4 Å².